The molecule has 28 heavy (non-hydrogen) atoms. The van der Waals surface area contributed by atoms with Gasteiger partial charge in [-0.05, 0) is 37.3 Å². The van der Waals surface area contributed by atoms with E-state index in [0.29, 0.717) is 10.8 Å². The van der Waals surface area contributed by atoms with E-state index in [4.69, 9.17) is 16.3 Å². The van der Waals surface area contributed by atoms with Crippen molar-refractivity contribution in [1.82, 2.24) is 10.9 Å². The molecule has 7 nitrogen and oxygen atoms in total. The fourth-order valence-corrected chi connectivity index (χ4v) is 3.17. The van der Waals surface area contributed by atoms with Crippen molar-refractivity contribution in [2.24, 2.45) is 5.92 Å². The number of aryl methyl sites for hydroxylation is 1. The number of rotatable bonds is 4. The summed E-state index contributed by atoms with van der Waals surface area (Å²) in [6.45, 7) is 2.22. The van der Waals surface area contributed by atoms with Gasteiger partial charge in [-0.1, -0.05) is 29.3 Å². The average molecular weight is 402 g/mol. The molecule has 0 saturated carbocycles. The number of anilines is 1. The average Bonchev–Trinajstić information content (AvgIpc) is 3.08. The van der Waals surface area contributed by atoms with E-state index >= 15 is 0 Å². The van der Waals surface area contributed by atoms with E-state index in [9.17, 15) is 14.4 Å². The van der Waals surface area contributed by atoms with Crippen LogP contribution in [0.4, 0.5) is 5.69 Å². The van der Waals surface area contributed by atoms with E-state index in [1.165, 1.54) is 13.2 Å². The van der Waals surface area contributed by atoms with Crippen LogP contribution >= 0.6 is 11.6 Å². The topological polar surface area (TPSA) is 87.7 Å². The standard InChI is InChI=1S/C20H20ClN3O4/c1-12-3-6-15(7-4-12)24-11-13(9-18(24)25)19(26)22-23-20(27)16-10-14(21)5-8-17(16)28-2/h3-8,10,13H,9,11H2,1-2H3,(H,22,26)(H,23,27)/t13-/m0/s1. The molecular weight excluding hydrogens is 382 g/mol. The number of benzene rings is 2. The Morgan fingerprint density at radius 1 is 1.14 bits per heavy atom. The number of hydrogen-bond acceptors (Lipinski definition) is 4. The summed E-state index contributed by atoms with van der Waals surface area (Å²) in [5, 5.41) is 0.368. The Bertz CT molecular complexity index is 914. The highest BCUT2D eigenvalue weighted by molar-refractivity contribution is 6.31. The zero-order valence-electron chi connectivity index (χ0n) is 15.5. The fraction of sp³-hybridized carbons (Fsp3) is 0.250. The van der Waals surface area contributed by atoms with Crippen molar-refractivity contribution in [1.29, 1.82) is 0 Å². The minimum Gasteiger partial charge on any atom is -0.496 e. The lowest BCUT2D eigenvalue weighted by Gasteiger charge is -2.17. The van der Waals surface area contributed by atoms with E-state index in [2.05, 4.69) is 10.9 Å². The molecule has 0 bridgehead atoms. The van der Waals surface area contributed by atoms with Crippen LogP contribution in [-0.4, -0.2) is 31.4 Å². The SMILES string of the molecule is COc1ccc(Cl)cc1C(=O)NNC(=O)[C@H]1CC(=O)N(c2ccc(C)cc2)C1. The third kappa shape index (κ3) is 4.26. The Hall–Kier alpha value is -3.06. The summed E-state index contributed by atoms with van der Waals surface area (Å²) in [5.74, 6) is -1.36. The summed E-state index contributed by atoms with van der Waals surface area (Å²) < 4.78 is 5.13. The molecule has 0 aromatic heterocycles. The molecule has 2 aromatic carbocycles. The Balaban J connectivity index is 1.61. The predicted molar refractivity (Wildman–Crippen MR) is 105 cm³/mol. The number of ether oxygens (including phenoxy) is 1. The van der Waals surface area contributed by atoms with Gasteiger partial charge in [0, 0.05) is 23.7 Å². The molecular formula is C20H20ClN3O4. The van der Waals surface area contributed by atoms with Crippen LogP contribution in [0, 0.1) is 12.8 Å². The molecule has 0 unspecified atom stereocenters. The molecule has 0 spiro atoms. The third-order valence-electron chi connectivity index (χ3n) is 4.55. The fourth-order valence-electron chi connectivity index (χ4n) is 3.00. The van der Waals surface area contributed by atoms with Gasteiger partial charge in [0.15, 0.2) is 0 Å². The maximum atomic E-state index is 12.4. The van der Waals surface area contributed by atoms with E-state index in [0.717, 1.165) is 11.3 Å². The van der Waals surface area contributed by atoms with Gasteiger partial charge in [-0.3, -0.25) is 25.2 Å². The number of nitrogens with zero attached hydrogens (tertiary/aromatic N) is 1. The maximum Gasteiger partial charge on any atom is 0.273 e. The molecule has 0 radical (unpaired) electrons. The second-order valence-electron chi connectivity index (χ2n) is 6.53. The van der Waals surface area contributed by atoms with Gasteiger partial charge in [0.1, 0.15) is 5.75 Å². The normalized spacial score (nSPS) is 16.0. The summed E-state index contributed by atoms with van der Waals surface area (Å²) in [4.78, 5) is 38.6. The molecule has 1 aliphatic rings. The minimum absolute atomic E-state index is 0.0794. The van der Waals surface area contributed by atoms with Crippen LogP contribution in [-0.2, 0) is 9.59 Å². The van der Waals surface area contributed by atoms with E-state index in [-0.39, 0.29) is 24.4 Å². The molecule has 146 valence electrons. The highest BCUT2D eigenvalue weighted by Crippen LogP contribution is 2.25. The van der Waals surface area contributed by atoms with Gasteiger partial charge in [-0.15, -0.1) is 0 Å². The van der Waals surface area contributed by atoms with Crippen molar-refractivity contribution in [2.75, 3.05) is 18.6 Å². The number of hydrogen-bond donors (Lipinski definition) is 2. The summed E-state index contributed by atoms with van der Waals surface area (Å²) in [5.41, 5.74) is 6.76. The lowest BCUT2D eigenvalue weighted by atomic mass is 10.1. The minimum atomic E-state index is -0.563. The van der Waals surface area contributed by atoms with E-state index < -0.39 is 17.7 Å². The second kappa shape index (κ2) is 8.31. The number of amides is 3. The molecule has 2 aromatic rings. The van der Waals surface area contributed by atoms with Gasteiger partial charge in [-0.25, -0.2) is 0 Å². The monoisotopic (exact) mass is 401 g/mol. The number of nitrogens with one attached hydrogen (secondary N) is 2. The first kappa shape index (κ1) is 19.7. The zero-order valence-corrected chi connectivity index (χ0v) is 16.2. The van der Waals surface area contributed by atoms with Crippen molar-refractivity contribution >= 4 is 35.0 Å². The van der Waals surface area contributed by atoms with Crippen molar-refractivity contribution < 1.29 is 19.1 Å². The first-order valence-electron chi connectivity index (χ1n) is 8.70. The van der Waals surface area contributed by atoms with Gasteiger partial charge in [0.25, 0.3) is 5.91 Å². The summed E-state index contributed by atoms with van der Waals surface area (Å²) in [7, 11) is 1.43. The Kier molecular flexibility index (Phi) is 5.84. The lowest BCUT2D eigenvalue weighted by molar-refractivity contribution is -0.126. The Morgan fingerprint density at radius 3 is 2.54 bits per heavy atom. The summed E-state index contributed by atoms with van der Waals surface area (Å²) >= 11 is 5.92. The molecule has 2 N–H and O–H groups in total. The van der Waals surface area contributed by atoms with Gasteiger partial charge in [0.05, 0.1) is 18.6 Å². The van der Waals surface area contributed by atoms with Crippen LogP contribution in [0.1, 0.15) is 22.3 Å². The largest absolute Gasteiger partial charge is 0.496 e. The third-order valence-corrected chi connectivity index (χ3v) is 4.78. The van der Waals surface area contributed by atoms with Gasteiger partial charge < -0.3 is 9.64 Å². The molecule has 1 heterocycles. The van der Waals surface area contributed by atoms with Gasteiger partial charge in [0.2, 0.25) is 11.8 Å². The van der Waals surface area contributed by atoms with Crippen LogP contribution < -0.4 is 20.5 Å². The molecule has 8 heteroatoms. The summed E-state index contributed by atoms with van der Waals surface area (Å²) in [6.07, 6.45) is 0.0794. The van der Waals surface area contributed by atoms with Crippen LogP contribution in [0.2, 0.25) is 5.02 Å². The van der Waals surface area contributed by atoms with Crippen molar-refractivity contribution in [3.05, 3.63) is 58.6 Å². The van der Waals surface area contributed by atoms with E-state index in [1.807, 2.05) is 31.2 Å². The van der Waals surface area contributed by atoms with Crippen LogP contribution in [0.15, 0.2) is 42.5 Å². The van der Waals surface area contributed by atoms with Gasteiger partial charge in [-0.2, -0.15) is 0 Å². The number of halogens is 1. The highest BCUT2D eigenvalue weighted by Gasteiger charge is 2.35. The quantitative estimate of drug-likeness (QED) is 0.770. The second-order valence-corrected chi connectivity index (χ2v) is 6.97. The predicted octanol–water partition coefficient (Wildman–Crippen LogP) is 2.47. The Morgan fingerprint density at radius 2 is 1.86 bits per heavy atom. The van der Waals surface area contributed by atoms with Crippen LogP contribution in [0.5, 0.6) is 5.75 Å². The summed E-state index contributed by atoms with van der Waals surface area (Å²) in [6, 6.07) is 12.1. The number of hydrazine groups is 1. The van der Waals surface area contributed by atoms with Crippen LogP contribution in [0.25, 0.3) is 0 Å². The van der Waals surface area contributed by atoms with Crippen LogP contribution in [0.3, 0.4) is 0 Å². The molecule has 3 amide bonds. The van der Waals surface area contributed by atoms with Crippen molar-refractivity contribution in [2.45, 2.75) is 13.3 Å². The number of carbonyl (C=O) groups is 3. The molecule has 1 atom stereocenters. The molecule has 1 saturated heterocycles. The maximum absolute atomic E-state index is 12.4. The number of carbonyl (C=O) groups excluding carboxylic acids is 3. The first-order valence-corrected chi connectivity index (χ1v) is 9.07. The highest BCUT2D eigenvalue weighted by atomic mass is 35.5. The van der Waals surface area contributed by atoms with E-state index in [1.54, 1.807) is 17.0 Å². The lowest BCUT2D eigenvalue weighted by Crippen LogP contribution is -2.45. The molecule has 1 fully saturated rings. The molecule has 1 aliphatic heterocycles. The zero-order chi connectivity index (χ0) is 20.3. The smallest absolute Gasteiger partial charge is 0.273 e. The van der Waals surface area contributed by atoms with Crippen molar-refractivity contribution in [3.8, 4) is 5.75 Å². The molecule has 0 aliphatic carbocycles. The van der Waals surface area contributed by atoms with Crippen molar-refractivity contribution in [3.63, 3.8) is 0 Å². The Labute approximate surface area is 167 Å². The van der Waals surface area contributed by atoms with Gasteiger partial charge >= 0.3 is 0 Å². The molecule has 3 rings (SSSR count). The first-order chi connectivity index (χ1) is 13.4. The number of methoxy groups -OCH3 is 1.